The Labute approximate surface area is 105 Å². The molecule has 19 heavy (non-hydrogen) atoms. The molecule has 108 valence electrons. The highest BCUT2D eigenvalue weighted by Gasteiger charge is 2.41. The van der Waals surface area contributed by atoms with Crippen molar-refractivity contribution in [2.45, 2.75) is 18.2 Å². The van der Waals surface area contributed by atoms with Crippen LogP contribution < -0.4 is 5.32 Å². The Bertz CT molecular complexity index is 445. The van der Waals surface area contributed by atoms with Gasteiger partial charge in [-0.1, -0.05) is 6.07 Å². The molecule has 0 fully saturated rings. The van der Waals surface area contributed by atoms with E-state index in [1.54, 1.807) is 0 Å². The first kappa shape index (κ1) is 15.8. The Hall–Kier alpha value is -1.28. The topological polar surface area (TPSA) is 32.3 Å². The van der Waals surface area contributed by atoms with Crippen LogP contribution in [0.2, 0.25) is 0 Å². The van der Waals surface area contributed by atoms with Crippen molar-refractivity contribution < 1.29 is 31.4 Å². The highest BCUT2D eigenvalue weighted by Crippen LogP contribution is 2.35. The summed E-state index contributed by atoms with van der Waals surface area (Å²) >= 11 is 0. The van der Waals surface area contributed by atoms with Crippen LogP contribution in [0.4, 0.5) is 26.3 Å². The van der Waals surface area contributed by atoms with Crippen LogP contribution >= 0.6 is 0 Å². The maximum atomic E-state index is 13.4. The predicted molar refractivity (Wildman–Crippen MR) is 55.2 cm³/mol. The Morgan fingerprint density at radius 2 is 1.79 bits per heavy atom. The molecule has 1 aromatic carbocycles. The first-order chi connectivity index (χ1) is 8.59. The molecular formula is C11H11F6NO. The maximum absolute atomic E-state index is 13.4. The summed E-state index contributed by atoms with van der Waals surface area (Å²) in [5.74, 6) is -5.23. The molecule has 0 heterocycles. The van der Waals surface area contributed by atoms with Crippen LogP contribution in [0.3, 0.4) is 0 Å². The first-order valence-electron chi connectivity index (χ1n) is 5.16. The van der Waals surface area contributed by atoms with E-state index in [1.165, 1.54) is 7.05 Å². The van der Waals surface area contributed by atoms with Gasteiger partial charge in [-0.15, -0.1) is 0 Å². The van der Waals surface area contributed by atoms with Crippen LogP contribution in [0.15, 0.2) is 18.2 Å². The molecule has 0 aromatic heterocycles. The molecule has 1 rings (SSSR count). The standard InChI is InChI=1S/C11H11F6NO/c1-18-5-10(13,14)9(19)7-3-2-6(4-8(7)12)11(15,16)17/h2-4,9,18-19H,5H2,1H3. The summed E-state index contributed by atoms with van der Waals surface area (Å²) in [6.45, 7) is -0.936. The second kappa shape index (κ2) is 5.38. The molecule has 0 aliphatic rings. The zero-order valence-electron chi connectivity index (χ0n) is 9.73. The number of benzene rings is 1. The minimum absolute atomic E-state index is 0.0774. The van der Waals surface area contributed by atoms with E-state index < -0.39 is 41.7 Å². The molecule has 0 radical (unpaired) electrons. The molecule has 1 unspecified atom stereocenters. The van der Waals surface area contributed by atoms with Crippen LogP contribution in [0.25, 0.3) is 0 Å². The average molecular weight is 287 g/mol. The minimum Gasteiger partial charge on any atom is -0.382 e. The zero-order chi connectivity index (χ0) is 14.8. The Balaban J connectivity index is 3.10. The molecule has 1 aromatic rings. The Morgan fingerprint density at radius 3 is 2.21 bits per heavy atom. The van der Waals surface area contributed by atoms with Gasteiger partial charge in [0.05, 0.1) is 12.1 Å². The van der Waals surface area contributed by atoms with Crippen molar-refractivity contribution in [2.24, 2.45) is 0 Å². The van der Waals surface area contributed by atoms with Gasteiger partial charge >= 0.3 is 6.18 Å². The highest BCUT2D eigenvalue weighted by atomic mass is 19.4. The monoisotopic (exact) mass is 287 g/mol. The van der Waals surface area contributed by atoms with E-state index in [-0.39, 0.29) is 6.07 Å². The normalized spacial score (nSPS) is 14.5. The van der Waals surface area contributed by atoms with E-state index >= 15 is 0 Å². The van der Waals surface area contributed by atoms with Crippen molar-refractivity contribution in [1.82, 2.24) is 5.32 Å². The van der Waals surface area contributed by atoms with Crippen LogP contribution in [0.1, 0.15) is 17.2 Å². The lowest BCUT2D eigenvalue weighted by Crippen LogP contribution is -2.37. The molecule has 0 saturated heterocycles. The van der Waals surface area contributed by atoms with E-state index in [4.69, 9.17) is 0 Å². The van der Waals surface area contributed by atoms with E-state index in [0.717, 1.165) is 0 Å². The fraction of sp³-hybridized carbons (Fsp3) is 0.455. The van der Waals surface area contributed by atoms with Gasteiger partial charge in [-0.2, -0.15) is 13.2 Å². The third-order valence-electron chi connectivity index (χ3n) is 2.43. The van der Waals surface area contributed by atoms with Crippen molar-refractivity contribution in [3.8, 4) is 0 Å². The smallest absolute Gasteiger partial charge is 0.382 e. The summed E-state index contributed by atoms with van der Waals surface area (Å²) in [5, 5.41) is 11.4. The molecule has 0 amide bonds. The van der Waals surface area contributed by atoms with E-state index in [1.807, 2.05) is 0 Å². The fourth-order valence-electron chi connectivity index (χ4n) is 1.49. The van der Waals surface area contributed by atoms with Crippen molar-refractivity contribution >= 4 is 0 Å². The highest BCUT2D eigenvalue weighted by molar-refractivity contribution is 5.29. The van der Waals surface area contributed by atoms with E-state index in [2.05, 4.69) is 5.32 Å². The van der Waals surface area contributed by atoms with Crippen molar-refractivity contribution in [2.75, 3.05) is 13.6 Å². The van der Waals surface area contributed by atoms with Gasteiger partial charge < -0.3 is 10.4 Å². The summed E-state index contributed by atoms with van der Waals surface area (Å²) in [7, 11) is 1.20. The second-order valence-electron chi connectivity index (χ2n) is 3.93. The van der Waals surface area contributed by atoms with E-state index in [0.29, 0.717) is 12.1 Å². The van der Waals surface area contributed by atoms with Gasteiger partial charge in [-0.3, -0.25) is 0 Å². The molecule has 2 nitrogen and oxygen atoms in total. The van der Waals surface area contributed by atoms with Gasteiger partial charge in [0.2, 0.25) is 0 Å². The summed E-state index contributed by atoms with van der Waals surface area (Å²) in [5.41, 5.74) is -2.19. The lowest BCUT2D eigenvalue weighted by Gasteiger charge is -2.23. The SMILES string of the molecule is CNCC(F)(F)C(O)c1ccc(C(F)(F)F)cc1F. The summed E-state index contributed by atoms with van der Waals surface area (Å²) in [6.07, 6.45) is -7.31. The summed E-state index contributed by atoms with van der Waals surface area (Å²) in [4.78, 5) is 0. The van der Waals surface area contributed by atoms with Crippen molar-refractivity contribution in [1.29, 1.82) is 0 Å². The zero-order valence-corrected chi connectivity index (χ0v) is 9.73. The lowest BCUT2D eigenvalue weighted by molar-refractivity contribution is -0.137. The number of nitrogens with one attached hydrogen (secondary N) is 1. The largest absolute Gasteiger partial charge is 0.416 e. The van der Waals surface area contributed by atoms with Gasteiger partial charge in [0, 0.05) is 5.56 Å². The quantitative estimate of drug-likeness (QED) is 0.835. The Kier molecular flexibility index (Phi) is 4.46. The Morgan fingerprint density at radius 1 is 1.21 bits per heavy atom. The number of aliphatic hydroxyl groups excluding tert-OH is 1. The first-order valence-corrected chi connectivity index (χ1v) is 5.16. The van der Waals surface area contributed by atoms with Crippen LogP contribution in [-0.4, -0.2) is 24.6 Å². The molecule has 8 heteroatoms. The van der Waals surface area contributed by atoms with E-state index in [9.17, 15) is 31.4 Å². The molecular weight excluding hydrogens is 276 g/mol. The van der Waals surface area contributed by atoms with Crippen molar-refractivity contribution in [3.63, 3.8) is 0 Å². The number of rotatable bonds is 4. The van der Waals surface area contributed by atoms with Crippen LogP contribution in [-0.2, 0) is 6.18 Å². The fourth-order valence-corrected chi connectivity index (χ4v) is 1.49. The van der Waals surface area contributed by atoms with Crippen molar-refractivity contribution in [3.05, 3.63) is 35.1 Å². The number of hydrogen-bond donors (Lipinski definition) is 2. The molecule has 0 bridgehead atoms. The maximum Gasteiger partial charge on any atom is 0.416 e. The lowest BCUT2D eigenvalue weighted by atomic mass is 10.0. The molecule has 0 saturated carbocycles. The molecule has 0 aliphatic carbocycles. The summed E-state index contributed by atoms with van der Waals surface area (Å²) in [6, 6.07) is 1.03. The summed E-state index contributed by atoms with van der Waals surface area (Å²) < 4.78 is 76.8. The number of alkyl halides is 5. The second-order valence-corrected chi connectivity index (χ2v) is 3.93. The number of aliphatic hydroxyl groups is 1. The molecule has 2 N–H and O–H groups in total. The predicted octanol–water partition coefficient (Wildman–Crippen LogP) is 2.73. The van der Waals surface area contributed by atoms with Gasteiger partial charge in [-0.25, -0.2) is 13.2 Å². The number of halogens is 6. The third-order valence-corrected chi connectivity index (χ3v) is 2.43. The van der Waals surface area contributed by atoms with Crippen LogP contribution in [0, 0.1) is 5.82 Å². The third kappa shape index (κ3) is 3.60. The number of hydrogen-bond acceptors (Lipinski definition) is 2. The van der Waals surface area contributed by atoms with Gasteiger partial charge in [0.1, 0.15) is 11.9 Å². The van der Waals surface area contributed by atoms with Gasteiger partial charge in [0.15, 0.2) is 0 Å². The molecule has 0 aliphatic heterocycles. The minimum atomic E-state index is -4.78. The average Bonchev–Trinajstić information content (AvgIpc) is 2.26. The molecule has 0 spiro atoms. The van der Waals surface area contributed by atoms with Gasteiger partial charge in [-0.05, 0) is 19.2 Å². The van der Waals surface area contributed by atoms with Gasteiger partial charge in [0.25, 0.3) is 5.92 Å². The van der Waals surface area contributed by atoms with Crippen LogP contribution in [0.5, 0.6) is 0 Å². The molecule has 1 atom stereocenters.